The number of nitrogens with one attached hydrogen (secondary N) is 2. The number of morpholine rings is 1. The van der Waals surface area contributed by atoms with Gasteiger partial charge in [0.25, 0.3) is 0 Å². The van der Waals surface area contributed by atoms with Crippen molar-refractivity contribution in [3.8, 4) is 0 Å². The Balaban J connectivity index is 1.63. The fourth-order valence-corrected chi connectivity index (χ4v) is 3.66. The smallest absolute Gasteiger partial charge is 0.191 e. The second kappa shape index (κ2) is 11.1. The van der Waals surface area contributed by atoms with E-state index in [1.54, 1.807) is 13.3 Å². The fourth-order valence-electron chi connectivity index (χ4n) is 3.66. The van der Waals surface area contributed by atoms with Crippen molar-refractivity contribution in [2.24, 2.45) is 4.99 Å². The molecule has 2 atom stereocenters. The number of halogens is 1. The highest BCUT2D eigenvalue weighted by Crippen LogP contribution is 2.22. The molecule has 1 fully saturated rings. The lowest BCUT2D eigenvalue weighted by atomic mass is 10.0. The molecule has 2 N–H and O–H groups in total. The SMILES string of the molecule is CN=C(NCC(c1ccco1)N(C)C)NCC(c1ccc(F)cc1)N1CCOCC1. The number of rotatable bonds is 8. The lowest BCUT2D eigenvalue weighted by Gasteiger charge is -2.35. The lowest BCUT2D eigenvalue weighted by Crippen LogP contribution is -2.47. The molecule has 1 aliphatic heterocycles. The minimum Gasteiger partial charge on any atom is -0.468 e. The van der Waals surface area contributed by atoms with Crippen molar-refractivity contribution in [1.29, 1.82) is 0 Å². The van der Waals surface area contributed by atoms with Crippen LogP contribution in [0.3, 0.4) is 0 Å². The predicted molar refractivity (Wildman–Crippen MR) is 116 cm³/mol. The molecule has 0 aliphatic carbocycles. The minimum atomic E-state index is -0.224. The van der Waals surface area contributed by atoms with E-state index in [2.05, 4.69) is 25.4 Å². The Hall–Kier alpha value is -2.42. The molecule has 2 unspecified atom stereocenters. The first kappa shape index (κ1) is 22.3. The third-order valence-electron chi connectivity index (χ3n) is 5.39. The molecule has 8 heteroatoms. The highest BCUT2D eigenvalue weighted by molar-refractivity contribution is 5.79. The Morgan fingerprint density at radius 2 is 1.83 bits per heavy atom. The predicted octanol–water partition coefficient (Wildman–Crippen LogP) is 2.26. The molecule has 1 aromatic heterocycles. The molecule has 0 bridgehead atoms. The van der Waals surface area contributed by atoms with Gasteiger partial charge in [0.15, 0.2) is 5.96 Å². The number of likely N-dealkylation sites (N-methyl/N-ethyl adjacent to an activating group) is 1. The zero-order valence-corrected chi connectivity index (χ0v) is 18.0. The van der Waals surface area contributed by atoms with E-state index < -0.39 is 0 Å². The molecule has 1 aromatic carbocycles. The Kier molecular flexibility index (Phi) is 8.24. The van der Waals surface area contributed by atoms with Gasteiger partial charge < -0.3 is 19.8 Å². The van der Waals surface area contributed by atoms with E-state index in [4.69, 9.17) is 9.15 Å². The molecule has 0 spiro atoms. The normalized spacial score (nSPS) is 17.7. The number of hydrogen-bond donors (Lipinski definition) is 2. The van der Waals surface area contributed by atoms with Crippen molar-refractivity contribution < 1.29 is 13.5 Å². The number of benzene rings is 1. The average Bonchev–Trinajstić information content (AvgIpc) is 3.28. The quantitative estimate of drug-likeness (QED) is 0.507. The standard InChI is InChI=1S/C22H32FN5O2/c1-24-22(26-16-20(27(2)3)21-5-4-12-30-21)25-15-19(28-10-13-29-14-11-28)17-6-8-18(23)9-7-17/h4-9,12,19-20H,10-11,13-16H2,1-3H3,(H2,24,25,26). The molecule has 30 heavy (non-hydrogen) atoms. The van der Waals surface area contributed by atoms with Gasteiger partial charge in [0.05, 0.1) is 31.6 Å². The summed E-state index contributed by atoms with van der Waals surface area (Å²) in [5, 5.41) is 6.83. The van der Waals surface area contributed by atoms with E-state index in [-0.39, 0.29) is 17.9 Å². The molecular weight excluding hydrogens is 385 g/mol. The number of furan rings is 1. The molecule has 2 aromatic rings. The molecule has 1 aliphatic rings. The summed E-state index contributed by atoms with van der Waals surface area (Å²) < 4.78 is 24.5. The monoisotopic (exact) mass is 417 g/mol. The van der Waals surface area contributed by atoms with Gasteiger partial charge in [-0.15, -0.1) is 0 Å². The molecule has 2 heterocycles. The van der Waals surface area contributed by atoms with Crippen molar-refractivity contribution in [3.05, 3.63) is 59.8 Å². The van der Waals surface area contributed by atoms with Gasteiger partial charge in [-0.1, -0.05) is 12.1 Å². The number of hydrogen-bond acceptors (Lipinski definition) is 5. The summed E-state index contributed by atoms with van der Waals surface area (Å²) in [5.41, 5.74) is 1.07. The van der Waals surface area contributed by atoms with E-state index in [0.29, 0.717) is 32.3 Å². The summed E-state index contributed by atoms with van der Waals surface area (Å²) in [5.74, 6) is 1.40. The van der Waals surface area contributed by atoms with Crippen LogP contribution in [0.4, 0.5) is 4.39 Å². The molecule has 0 saturated carbocycles. The van der Waals surface area contributed by atoms with E-state index in [1.807, 2.05) is 38.4 Å². The molecule has 0 radical (unpaired) electrons. The summed E-state index contributed by atoms with van der Waals surface area (Å²) in [6, 6.07) is 10.8. The number of nitrogens with zero attached hydrogens (tertiary/aromatic N) is 3. The first-order valence-corrected chi connectivity index (χ1v) is 10.3. The van der Waals surface area contributed by atoms with E-state index in [1.165, 1.54) is 12.1 Å². The Bertz CT molecular complexity index is 773. The number of ether oxygens (including phenoxy) is 1. The van der Waals surface area contributed by atoms with Gasteiger partial charge in [-0.2, -0.15) is 0 Å². The molecule has 3 rings (SSSR count). The first-order chi connectivity index (χ1) is 14.6. The van der Waals surface area contributed by atoms with Crippen LogP contribution in [0.5, 0.6) is 0 Å². The number of guanidine groups is 1. The second-order valence-electron chi connectivity index (χ2n) is 7.54. The van der Waals surface area contributed by atoms with Gasteiger partial charge in [-0.3, -0.25) is 14.8 Å². The largest absolute Gasteiger partial charge is 0.468 e. The van der Waals surface area contributed by atoms with Gasteiger partial charge in [-0.05, 0) is 43.9 Å². The second-order valence-corrected chi connectivity index (χ2v) is 7.54. The van der Waals surface area contributed by atoms with Crippen molar-refractivity contribution in [3.63, 3.8) is 0 Å². The Labute approximate surface area is 177 Å². The molecule has 1 saturated heterocycles. The van der Waals surface area contributed by atoms with E-state index >= 15 is 0 Å². The third kappa shape index (κ3) is 6.04. The van der Waals surface area contributed by atoms with Gasteiger partial charge in [0.2, 0.25) is 0 Å². The first-order valence-electron chi connectivity index (χ1n) is 10.3. The van der Waals surface area contributed by atoms with Crippen LogP contribution in [0, 0.1) is 5.82 Å². The van der Waals surface area contributed by atoms with E-state index in [9.17, 15) is 4.39 Å². The summed E-state index contributed by atoms with van der Waals surface area (Å²) in [6.07, 6.45) is 1.69. The minimum absolute atomic E-state index is 0.0886. The van der Waals surface area contributed by atoms with Crippen molar-refractivity contribution in [1.82, 2.24) is 20.4 Å². The van der Waals surface area contributed by atoms with E-state index in [0.717, 1.165) is 24.4 Å². The zero-order valence-electron chi connectivity index (χ0n) is 18.0. The third-order valence-corrected chi connectivity index (χ3v) is 5.39. The van der Waals surface area contributed by atoms with Crippen molar-refractivity contribution in [2.75, 3.05) is 60.5 Å². The molecular formula is C22H32FN5O2. The van der Waals surface area contributed by atoms with Gasteiger partial charge in [0, 0.05) is 33.2 Å². The summed E-state index contributed by atoms with van der Waals surface area (Å²) in [4.78, 5) is 8.84. The maximum atomic E-state index is 13.4. The highest BCUT2D eigenvalue weighted by atomic mass is 19.1. The summed E-state index contributed by atoms with van der Waals surface area (Å²) in [7, 11) is 5.80. The topological polar surface area (TPSA) is 65.3 Å². The fraction of sp³-hybridized carbons (Fsp3) is 0.500. The van der Waals surface area contributed by atoms with Crippen molar-refractivity contribution >= 4 is 5.96 Å². The summed E-state index contributed by atoms with van der Waals surface area (Å²) in [6.45, 7) is 4.40. The van der Waals surface area contributed by atoms with Crippen LogP contribution in [0.25, 0.3) is 0 Å². The molecule has 0 amide bonds. The van der Waals surface area contributed by atoms with Gasteiger partial charge in [-0.25, -0.2) is 4.39 Å². The van der Waals surface area contributed by atoms with Crippen LogP contribution in [0.2, 0.25) is 0 Å². The average molecular weight is 418 g/mol. The molecule has 7 nitrogen and oxygen atoms in total. The van der Waals surface area contributed by atoms with Crippen LogP contribution in [0.15, 0.2) is 52.1 Å². The van der Waals surface area contributed by atoms with Crippen LogP contribution >= 0.6 is 0 Å². The van der Waals surface area contributed by atoms with Gasteiger partial charge in [0.1, 0.15) is 11.6 Å². The number of aliphatic imine (C=N–C) groups is 1. The molecule has 164 valence electrons. The maximum Gasteiger partial charge on any atom is 0.191 e. The summed E-state index contributed by atoms with van der Waals surface area (Å²) >= 11 is 0. The lowest BCUT2D eigenvalue weighted by molar-refractivity contribution is 0.0170. The maximum absolute atomic E-state index is 13.4. The van der Waals surface area contributed by atoms with Crippen molar-refractivity contribution in [2.45, 2.75) is 12.1 Å². The zero-order chi connectivity index (χ0) is 21.3. The Morgan fingerprint density at radius 3 is 2.43 bits per heavy atom. The Morgan fingerprint density at radius 1 is 1.13 bits per heavy atom. The van der Waals surface area contributed by atoms with Crippen LogP contribution < -0.4 is 10.6 Å². The van der Waals surface area contributed by atoms with Crippen LogP contribution in [0.1, 0.15) is 23.4 Å². The van der Waals surface area contributed by atoms with Crippen LogP contribution in [-0.4, -0.2) is 76.3 Å². The van der Waals surface area contributed by atoms with Crippen LogP contribution in [-0.2, 0) is 4.74 Å². The van der Waals surface area contributed by atoms with Gasteiger partial charge >= 0.3 is 0 Å². The highest BCUT2D eigenvalue weighted by Gasteiger charge is 2.23.